The maximum Gasteiger partial charge on any atom is 0.573 e. The molecular formula is C29H32F9N7O2. The summed E-state index contributed by atoms with van der Waals surface area (Å²) in [6.45, 7) is 1.74. The third-order valence-electron chi connectivity index (χ3n) is 7.90. The number of benzene rings is 2. The minimum absolute atomic E-state index is 0.000494. The third kappa shape index (κ3) is 9.63. The van der Waals surface area contributed by atoms with Crippen LogP contribution in [0.4, 0.5) is 51.1 Å². The van der Waals surface area contributed by atoms with E-state index in [1.807, 2.05) is 11.8 Å². The van der Waals surface area contributed by atoms with Crippen molar-refractivity contribution in [2.45, 2.75) is 64.4 Å². The normalized spacial score (nSPS) is 17.4. The Hall–Kier alpha value is -4.25. The molecule has 0 spiro atoms. The van der Waals surface area contributed by atoms with Crippen molar-refractivity contribution < 1.29 is 49.0 Å². The fraction of sp³-hybridized carbons (Fsp3) is 0.517. The number of amides is 1. The second-order valence-electron chi connectivity index (χ2n) is 11.3. The predicted molar refractivity (Wildman–Crippen MR) is 151 cm³/mol. The summed E-state index contributed by atoms with van der Waals surface area (Å²) >= 11 is 0. The molecule has 1 aliphatic rings. The number of rotatable bonds is 11. The second kappa shape index (κ2) is 13.9. The van der Waals surface area contributed by atoms with Crippen LogP contribution in [0.1, 0.15) is 54.9 Å². The van der Waals surface area contributed by atoms with Gasteiger partial charge in [0, 0.05) is 37.8 Å². The first-order chi connectivity index (χ1) is 21.8. The predicted octanol–water partition coefficient (Wildman–Crippen LogP) is 6.47. The molecule has 0 aliphatic heterocycles. The summed E-state index contributed by atoms with van der Waals surface area (Å²) in [4.78, 5) is 15.7. The Bertz CT molecular complexity index is 1500. The molecule has 18 heteroatoms. The Balaban J connectivity index is 1.74. The SMILES string of the molecule is CCN(CC1CCC(C(N)=O)CC1)c1ccc(OC(F)(F)F)cc1CN(Cc1cc(C(F)(F)F)cc(C(F)(F)F)c1)c1nnn(C)n1. The van der Waals surface area contributed by atoms with Crippen LogP contribution in [-0.2, 0) is 37.3 Å². The van der Waals surface area contributed by atoms with Gasteiger partial charge < -0.3 is 20.3 Å². The average molecular weight is 682 g/mol. The molecule has 0 unspecified atom stereocenters. The molecule has 1 heterocycles. The number of ether oxygens (including phenoxy) is 1. The Morgan fingerprint density at radius 3 is 2.02 bits per heavy atom. The smallest absolute Gasteiger partial charge is 0.406 e. The zero-order valence-corrected chi connectivity index (χ0v) is 25.3. The van der Waals surface area contributed by atoms with Crippen molar-refractivity contribution in [3.8, 4) is 5.75 Å². The van der Waals surface area contributed by atoms with Crippen molar-refractivity contribution in [2.75, 3.05) is 22.9 Å². The molecule has 47 heavy (non-hydrogen) atoms. The molecule has 2 aromatic carbocycles. The lowest BCUT2D eigenvalue weighted by Gasteiger charge is -2.34. The summed E-state index contributed by atoms with van der Waals surface area (Å²) in [6, 6.07) is 4.75. The molecule has 1 saturated carbocycles. The Labute approximate surface area is 263 Å². The van der Waals surface area contributed by atoms with E-state index in [1.54, 1.807) is 0 Å². The van der Waals surface area contributed by atoms with Gasteiger partial charge in [-0.25, -0.2) is 0 Å². The van der Waals surface area contributed by atoms with E-state index < -0.39 is 47.7 Å². The number of aromatic nitrogens is 4. The molecule has 9 nitrogen and oxygen atoms in total. The first-order valence-corrected chi connectivity index (χ1v) is 14.5. The summed E-state index contributed by atoms with van der Waals surface area (Å²) in [6.07, 6.45) is -12.7. The highest BCUT2D eigenvalue weighted by Gasteiger charge is 2.37. The number of hydrogen-bond acceptors (Lipinski definition) is 7. The summed E-state index contributed by atoms with van der Waals surface area (Å²) in [5, 5.41) is 11.6. The molecule has 0 bridgehead atoms. The number of anilines is 2. The van der Waals surface area contributed by atoms with Crippen molar-refractivity contribution in [3.05, 3.63) is 58.7 Å². The topological polar surface area (TPSA) is 102 Å². The summed E-state index contributed by atoms with van der Waals surface area (Å²) in [7, 11) is 1.38. The standard InChI is InChI=1S/C29H32F9N7O2/c1-3-44(14-17-4-6-19(7-5-17)25(39)46)24-9-8-23(47-29(36,37)38)12-20(24)16-45(26-40-42-43(2)41-26)15-18-10-21(27(30,31)32)13-22(11-18)28(33,34)35/h8-13,17,19H,3-7,14-16H2,1-2H3,(H2,39,46). The van der Waals surface area contributed by atoms with Gasteiger partial charge in [0.15, 0.2) is 0 Å². The number of primary amides is 1. The lowest BCUT2D eigenvalue weighted by Crippen LogP contribution is -2.35. The first kappa shape index (κ1) is 35.6. The van der Waals surface area contributed by atoms with E-state index in [2.05, 4.69) is 20.1 Å². The molecule has 3 aromatic rings. The highest BCUT2D eigenvalue weighted by molar-refractivity contribution is 5.76. The molecule has 1 amide bonds. The summed E-state index contributed by atoms with van der Waals surface area (Å²) in [5.74, 6) is -1.27. The van der Waals surface area contributed by atoms with Gasteiger partial charge in [-0.3, -0.25) is 4.79 Å². The number of nitrogens with two attached hydrogens (primary N) is 1. The summed E-state index contributed by atoms with van der Waals surface area (Å²) in [5.41, 5.74) is 2.64. The maximum absolute atomic E-state index is 13.6. The average Bonchev–Trinajstić information content (AvgIpc) is 3.40. The van der Waals surface area contributed by atoms with Gasteiger partial charge in [-0.05, 0) is 91.3 Å². The van der Waals surface area contributed by atoms with E-state index in [9.17, 15) is 44.3 Å². The van der Waals surface area contributed by atoms with Crippen molar-refractivity contribution in [2.24, 2.45) is 24.6 Å². The molecule has 1 aromatic heterocycles. The van der Waals surface area contributed by atoms with E-state index in [1.165, 1.54) is 18.0 Å². The van der Waals surface area contributed by atoms with Gasteiger partial charge in [0.25, 0.3) is 5.95 Å². The monoisotopic (exact) mass is 681 g/mol. The van der Waals surface area contributed by atoms with Crippen molar-refractivity contribution >= 4 is 17.5 Å². The van der Waals surface area contributed by atoms with Crippen molar-refractivity contribution in [3.63, 3.8) is 0 Å². The number of tetrazole rings is 1. The lowest BCUT2D eigenvalue weighted by atomic mass is 9.81. The third-order valence-corrected chi connectivity index (χ3v) is 7.90. The number of carbonyl (C=O) groups is 1. The van der Waals surface area contributed by atoms with E-state index >= 15 is 0 Å². The Morgan fingerprint density at radius 1 is 0.915 bits per heavy atom. The van der Waals surface area contributed by atoms with Crippen LogP contribution < -0.4 is 20.3 Å². The molecule has 0 saturated heterocycles. The van der Waals surface area contributed by atoms with E-state index in [-0.39, 0.29) is 41.9 Å². The second-order valence-corrected chi connectivity index (χ2v) is 11.3. The molecule has 4 rings (SSSR count). The maximum atomic E-state index is 13.6. The zero-order valence-electron chi connectivity index (χ0n) is 25.3. The molecule has 258 valence electrons. The number of aryl methyl sites for hydroxylation is 1. The number of carbonyl (C=O) groups excluding carboxylic acids is 1. The fourth-order valence-corrected chi connectivity index (χ4v) is 5.67. The number of alkyl halides is 9. The Kier molecular flexibility index (Phi) is 10.5. The van der Waals surface area contributed by atoms with Crippen LogP contribution in [-0.4, -0.2) is 45.6 Å². The van der Waals surface area contributed by atoms with Crippen LogP contribution >= 0.6 is 0 Å². The van der Waals surface area contributed by atoms with E-state index in [0.717, 1.165) is 16.9 Å². The minimum Gasteiger partial charge on any atom is -0.406 e. The Morgan fingerprint density at radius 2 is 1.53 bits per heavy atom. The van der Waals surface area contributed by atoms with Crippen LogP contribution in [0, 0.1) is 11.8 Å². The highest BCUT2D eigenvalue weighted by Crippen LogP contribution is 2.38. The molecule has 0 atom stereocenters. The molecule has 1 fully saturated rings. The molecule has 0 radical (unpaired) electrons. The van der Waals surface area contributed by atoms with Gasteiger partial charge >= 0.3 is 18.7 Å². The van der Waals surface area contributed by atoms with Crippen LogP contribution in [0.3, 0.4) is 0 Å². The van der Waals surface area contributed by atoms with E-state index in [4.69, 9.17) is 5.73 Å². The highest BCUT2D eigenvalue weighted by atomic mass is 19.4. The van der Waals surface area contributed by atoms with Crippen LogP contribution in [0.5, 0.6) is 5.75 Å². The van der Waals surface area contributed by atoms with Gasteiger partial charge in [-0.1, -0.05) is 5.10 Å². The first-order valence-electron chi connectivity index (χ1n) is 14.5. The van der Waals surface area contributed by atoms with E-state index in [0.29, 0.717) is 56.6 Å². The number of hydrogen-bond donors (Lipinski definition) is 1. The van der Waals surface area contributed by atoms with Gasteiger partial charge in [0.2, 0.25) is 5.91 Å². The van der Waals surface area contributed by atoms with Crippen LogP contribution in [0.2, 0.25) is 0 Å². The van der Waals surface area contributed by atoms with Crippen LogP contribution in [0.25, 0.3) is 0 Å². The van der Waals surface area contributed by atoms with Gasteiger partial charge in [0.05, 0.1) is 18.2 Å². The zero-order chi connectivity index (χ0) is 34.7. The summed E-state index contributed by atoms with van der Waals surface area (Å²) < 4.78 is 125. The fourth-order valence-electron chi connectivity index (χ4n) is 5.67. The van der Waals surface area contributed by atoms with Gasteiger partial charge in [0.1, 0.15) is 5.75 Å². The number of halogens is 9. The van der Waals surface area contributed by atoms with Gasteiger partial charge in [-0.15, -0.1) is 18.3 Å². The minimum atomic E-state index is -5.10. The van der Waals surface area contributed by atoms with Crippen molar-refractivity contribution in [1.29, 1.82) is 0 Å². The number of nitrogens with zero attached hydrogens (tertiary/aromatic N) is 6. The van der Waals surface area contributed by atoms with Crippen molar-refractivity contribution in [1.82, 2.24) is 20.2 Å². The lowest BCUT2D eigenvalue weighted by molar-refractivity contribution is -0.274. The van der Waals surface area contributed by atoms with Crippen LogP contribution in [0.15, 0.2) is 36.4 Å². The van der Waals surface area contributed by atoms with Gasteiger partial charge in [-0.2, -0.15) is 31.1 Å². The molecule has 1 aliphatic carbocycles. The molecule has 2 N–H and O–H groups in total. The largest absolute Gasteiger partial charge is 0.573 e. The quantitative estimate of drug-likeness (QED) is 0.232. The molecular weight excluding hydrogens is 649 g/mol.